The van der Waals surface area contributed by atoms with E-state index in [1.807, 2.05) is 0 Å². The molecule has 1 aromatic carbocycles. The Labute approximate surface area is 195 Å². The van der Waals surface area contributed by atoms with Gasteiger partial charge >= 0.3 is 5.97 Å². The topological polar surface area (TPSA) is 90.0 Å². The fourth-order valence-corrected chi connectivity index (χ4v) is 8.05. The van der Waals surface area contributed by atoms with E-state index in [1.165, 1.54) is 41.8 Å². The van der Waals surface area contributed by atoms with Crippen LogP contribution in [0.3, 0.4) is 0 Å². The van der Waals surface area contributed by atoms with E-state index >= 15 is 0 Å². The Bertz CT molecular complexity index is 1000. The van der Waals surface area contributed by atoms with Crippen molar-refractivity contribution in [2.45, 2.75) is 43.4 Å². The zero-order valence-electron chi connectivity index (χ0n) is 18.8. The van der Waals surface area contributed by atoms with Crippen LogP contribution in [-0.2, 0) is 29.1 Å². The average Bonchev–Trinajstić information content (AvgIpc) is 2.81. The van der Waals surface area contributed by atoms with Gasteiger partial charge in [0.05, 0.1) is 18.1 Å². The lowest BCUT2D eigenvalue weighted by atomic mass is 9.48. The maximum absolute atomic E-state index is 13.0. The van der Waals surface area contributed by atoms with E-state index in [9.17, 15) is 18.0 Å². The number of hydrogen-bond donors (Lipinski definition) is 0. The number of ketones is 1. The summed E-state index contributed by atoms with van der Waals surface area (Å²) in [7, 11) is -3.55. The summed E-state index contributed by atoms with van der Waals surface area (Å²) in [5, 5.41) is 0. The summed E-state index contributed by atoms with van der Waals surface area (Å²) >= 11 is 0. The van der Waals surface area contributed by atoms with Crippen molar-refractivity contribution < 1.29 is 27.5 Å². The van der Waals surface area contributed by atoms with Crippen LogP contribution in [0.5, 0.6) is 0 Å². The van der Waals surface area contributed by atoms with Gasteiger partial charge in [0.25, 0.3) is 0 Å². The highest BCUT2D eigenvalue weighted by Crippen LogP contribution is 2.60. The van der Waals surface area contributed by atoms with Crippen LogP contribution >= 0.6 is 0 Å². The zero-order chi connectivity index (χ0) is 23.1. The van der Waals surface area contributed by atoms with Crippen molar-refractivity contribution in [2.24, 2.45) is 23.2 Å². The first kappa shape index (κ1) is 22.7. The van der Waals surface area contributed by atoms with E-state index in [-0.39, 0.29) is 22.7 Å². The van der Waals surface area contributed by atoms with Crippen molar-refractivity contribution in [3.63, 3.8) is 0 Å². The summed E-state index contributed by atoms with van der Waals surface area (Å²) in [6, 6.07) is 6.37. The maximum atomic E-state index is 13.0. The quantitative estimate of drug-likeness (QED) is 0.447. The van der Waals surface area contributed by atoms with E-state index in [0.29, 0.717) is 49.6 Å². The highest BCUT2D eigenvalue weighted by molar-refractivity contribution is 7.89. The molecule has 1 saturated heterocycles. The SMILES string of the molecule is O=C(/C=C/c1ccc(S(=O)(=O)N2CCOCC2)cc1)OCC(=O)C12CC3CC(CC(C3)C1)C2. The molecule has 0 N–H and O–H groups in total. The summed E-state index contributed by atoms with van der Waals surface area (Å²) in [6.07, 6.45) is 9.55. The Morgan fingerprint density at radius 2 is 1.58 bits per heavy atom. The zero-order valence-corrected chi connectivity index (χ0v) is 19.6. The lowest BCUT2D eigenvalue weighted by Gasteiger charge is -2.55. The molecule has 8 heteroatoms. The average molecular weight is 474 g/mol. The van der Waals surface area contributed by atoms with E-state index in [1.54, 1.807) is 18.2 Å². The molecule has 1 aromatic rings. The van der Waals surface area contributed by atoms with E-state index in [2.05, 4.69) is 0 Å². The van der Waals surface area contributed by atoms with Crippen LogP contribution < -0.4 is 0 Å². The molecule has 5 aliphatic rings. The molecule has 0 amide bonds. The van der Waals surface area contributed by atoms with Crippen molar-refractivity contribution in [2.75, 3.05) is 32.9 Å². The third-order valence-corrected chi connectivity index (χ3v) is 9.79. The Morgan fingerprint density at radius 3 is 2.15 bits per heavy atom. The van der Waals surface area contributed by atoms with Gasteiger partial charge in [0.1, 0.15) is 0 Å². The molecule has 1 heterocycles. The molecule has 0 atom stereocenters. The van der Waals surface area contributed by atoms with Gasteiger partial charge in [0, 0.05) is 24.6 Å². The molecular weight excluding hydrogens is 442 g/mol. The monoisotopic (exact) mass is 473 g/mol. The fourth-order valence-electron chi connectivity index (χ4n) is 6.64. The molecule has 178 valence electrons. The van der Waals surface area contributed by atoms with Crippen molar-refractivity contribution in [1.29, 1.82) is 0 Å². The summed E-state index contributed by atoms with van der Waals surface area (Å²) in [6.45, 7) is 1.32. The number of Topliss-reactive ketones (excluding diaryl/α,β-unsaturated/α-hetero) is 1. The van der Waals surface area contributed by atoms with Crippen LogP contribution in [0.25, 0.3) is 6.08 Å². The van der Waals surface area contributed by atoms with Gasteiger partial charge in [-0.15, -0.1) is 0 Å². The first-order valence-electron chi connectivity index (χ1n) is 11.9. The Kier molecular flexibility index (Phi) is 6.18. The van der Waals surface area contributed by atoms with Crippen LogP contribution in [0, 0.1) is 23.2 Å². The molecule has 4 saturated carbocycles. The van der Waals surface area contributed by atoms with Crippen LogP contribution in [-0.4, -0.2) is 57.4 Å². The lowest BCUT2D eigenvalue weighted by Crippen LogP contribution is -2.51. The van der Waals surface area contributed by atoms with Crippen molar-refractivity contribution in [3.05, 3.63) is 35.9 Å². The summed E-state index contributed by atoms with van der Waals surface area (Å²) in [5.74, 6) is 1.54. The van der Waals surface area contributed by atoms with E-state index in [4.69, 9.17) is 9.47 Å². The minimum Gasteiger partial charge on any atom is -0.455 e. The van der Waals surface area contributed by atoms with Gasteiger partial charge in [0.15, 0.2) is 12.4 Å². The Morgan fingerprint density at radius 1 is 1.00 bits per heavy atom. The minimum absolute atomic E-state index is 0.0843. The highest BCUT2D eigenvalue weighted by atomic mass is 32.2. The van der Waals surface area contributed by atoms with E-state index < -0.39 is 16.0 Å². The molecule has 0 aromatic heterocycles. The van der Waals surface area contributed by atoms with Gasteiger partial charge in [0.2, 0.25) is 10.0 Å². The number of hydrogen-bond acceptors (Lipinski definition) is 6. The second kappa shape index (κ2) is 8.96. The fraction of sp³-hybridized carbons (Fsp3) is 0.600. The van der Waals surface area contributed by atoms with Gasteiger partial charge in [-0.3, -0.25) is 4.79 Å². The third kappa shape index (κ3) is 4.66. The van der Waals surface area contributed by atoms with Gasteiger partial charge < -0.3 is 9.47 Å². The van der Waals surface area contributed by atoms with Gasteiger partial charge in [-0.2, -0.15) is 4.31 Å². The standard InChI is InChI=1S/C25H31NO6S/c27-23(25-14-19-11-20(15-25)13-21(12-19)16-25)17-32-24(28)6-3-18-1-4-22(5-2-18)33(29,30)26-7-9-31-10-8-26/h1-6,19-21H,7-17H2/b6-3+. The molecule has 4 bridgehead atoms. The number of benzene rings is 1. The molecule has 7 nitrogen and oxygen atoms in total. The number of morpholine rings is 1. The van der Waals surface area contributed by atoms with Crippen LogP contribution in [0.4, 0.5) is 0 Å². The molecular formula is C25H31NO6S. The number of rotatable bonds is 7. The number of carbonyl (C=O) groups excluding carboxylic acids is 2. The van der Waals surface area contributed by atoms with Crippen LogP contribution in [0.1, 0.15) is 44.1 Å². The minimum atomic E-state index is -3.55. The van der Waals surface area contributed by atoms with Gasteiger partial charge in [-0.05, 0) is 80.1 Å². The lowest BCUT2D eigenvalue weighted by molar-refractivity contribution is -0.155. The predicted molar refractivity (Wildman–Crippen MR) is 122 cm³/mol. The summed E-state index contributed by atoms with van der Waals surface area (Å²) < 4.78 is 37.3. The van der Waals surface area contributed by atoms with Crippen molar-refractivity contribution in [3.8, 4) is 0 Å². The number of esters is 1. The summed E-state index contributed by atoms with van der Waals surface area (Å²) in [4.78, 5) is 25.4. The largest absolute Gasteiger partial charge is 0.455 e. The molecule has 33 heavy (non-hydrogen) atoms. The highest BCUT2D eigenvalue weighted by Gasteiger charge is 2.54. The molecule has 0 spiro atoms. The van der Waals surface area contributed by atoms with Crippen LogP contribution in [0.2, 0.25) is 0 Å². The van der Waals surface area contributed by atoms with Gasteiger partial charge in [-0.25, -0.2) is 13.2 Å². The first-order valence-corrected chi connectivity index (χ1v) is 13.3. The number of ether oxygens (including phenoxy) is 2. The molecule has 1 aliphatic heterocycles. The Hall–Kier alpha value is -2.03. The first-order chi connectivity index (χ1) is 15.8. The predicted octanol–water partition coefficient (Wildman–Crippen LogP) is 3.05. The van der Waals surface area contributed by atoms with Crippen molar-refractivity contribution >= 4 is 27.9 Å². The molecule has 5 fully saturated rings. The maximum Gasteiger partial charge on any atom is 0.331 e. The van der Waals surface area contributed by atoms with E-state index in [0.717, 1.165) is 19.3 Å². The second-order valence-corrected chi connectivity index (χ2v) is 12.1. The smallest absolute Gasteiger partial charge is 0.331 e. The normalized spacial score (nSPS) is 31.7. The molecule has 0 radical (unpaired) electrons. The van der Waals surface area contributed by atoms with Gasteiger partial charge in [-0.1, -0.05) is 12.1 Å². The summed E-state index contributed by atoms with van der Waals surface area (Å²) in [5.41, 5.74) is 0.417. The molecule has 4 aliphatic carbocycles. The number of sulfonamides is 1. The third-order valence-electron chi connectivity index (χ3n) is 7.88. The number of nitrogens with zero attached hydrogens (tertiary/aromatic N) is 1. The molecule has 0 unspecified atom stereocenters. The van der Waals surface area contributed by atoms with Crippen LogP contribution in [0.15, 0.2) is 35.2 Å². The Balaban J connectivity index is 1.15. The van der Waals surface area contributed by atoms with Crippen molar-refractivity contribution in [1.82, 2.24) is 4.31 Å². The number of carbonyl (C=O) groups is 2. The second-order valence-electron chi connectivity index (χ2n) is 10.1. The molecule has 6 rings (SSSR count).